The van der Waals surface area contributed by atoms with Crippen LogP contribution in [0.25, 0.3) is 0 Å². The minimum atomic E-state index is -0.512. The number of halogens is 1. The second-order valence-corrected chi connectivity index (χ2v) is 4.84. The van der Waals surface area contributed by atoms with E-state index in [4.69, 9.17) is 5.73 Å². The minimum Gasteiger partial charge on any atom is -0.370 e. The van der Waals surface area contributed by atoms with Crippen molar-refractivity contribution in [1.82, 2.24) is 4.98 Å². The fraction of sp³-hybridized carbons (Fsp3) is 0.188. The summed E-state index contributed by atoms with van der Waals surface area (Å²) in [6.45, 7) is 1.94. The van der Waals surface area contributed by atoms with Gasteiger partial charge in [-0.15, -0.1) is 0 Å². The average molecular weight is 301 g/mol. The van der Waals surface area contributed by atoms with Gasteiger partial charge in [-0.25, -0.2) is 4.39 Å². The Balaban J connectivity index is 2.30. The Morgan fingerprint density at radius 2 is 1.86 bits per heavy atom. The van der Waals surface area contributed by atoms with Gasteiger partial charge in [-0.2, -0.15) is 0 Å². The van der Waals surface area contributed by atoms with Crippen molar-refractivity contribution in [1.29, 1.82) is 0 Å². The van der Waals surface area contributed by atoms with Crippen molar-refractivity contribution < 1.29 is 14.0 Å². The van der Waals surface area contributed by atoms with Crippen molar-refractivity contribution >= 4 is 17.5 Å². The molecular formula is C16H16FN3O2. The number of carbonyl (C=O) groups excluding carboxylic acids is 2. The molecule has 22 heavy (non-hydrogen) atoms. The molecule has 6 heteroatoms. The van der Waals surface area contributed by atoms with Gasteiger partial charge < -0.3 is 10.6 Å². The highest BCUT2D eigenvalue weighted by atomic mass is 19.1. The molecule has 2 amide bonds. The van der Waals surface area contributed by atoms with Crippen molar-refractivity contribution in [3.8, 4) is 0 Å². The fourth-order valence-electron chi connectivity index (χ4n) is 1.94. The topological polar surface area (TPSA) is 76.3 Å². The normalized spacial score (nSPS) is 10.3. The molecule has 0 saturated heterocycles. The molecule has 114 valence electrons. The molecule has 2 N–H and O–H groups in total. The summed E-state index contributed by atoms with van der Waals surface area (Å²) in [7, 11) is 0. The lowest BCUT2D eigenvalue weighted by Gasteiger charge is -2.22. The maximum atomic E-state index is 13.0. The summed E-state index contributed by atoms with van der Waals surface area (Å²) in [4.78, 5) is 29.1. The van der Waals surface area contributed by atoms with Crippen molar-refractivity contribution in [2.24, 2.45) is 5.73 Å². The van der Waals surface area contributed by atoms with Gasteiger partial charge in [0.25, 0.3) is 5.91 Å². The van der Waals surface area contributed by atoms with Crippen molar-refractivity contribution in [2.45, 2.75) is 13.3 Å². The first kappa shape index (κ1) is 15.6. The first-order valence-electron chi connectivity index (χ1n) is 6.76. The van der Waals surface area contributed by atoms with E-state index in [2.05, 4.69) is 4.98 Å². The number of benzene rings is 1. The number of nitrogens with zero attached hydrogens (tertiary/aromatic N) is 2. The number of nitrogens with two attached hydrogens (primary N) is 1. The molecule has 0 atom stereocenters. The number of aryl methyl sites for hydroxylation is 1. The van der Waals surface area contributed by atoms with Crippen molar-refractivity contribution in [2.75, 3.05) is 11.4 Å². The Bertz CT molecular complexity index is 669. The van der Waals surface area contributed by atoms with Crippen LogP contribution in [0.2, 0.25) is 0 Å². The highest BCUT2D eigenvalue weighted by Gasteiger charge is 2.18. The molecule has 0 fully saturated rings. The number of hydrogen-bond donors (Lipinski definition) is 1. The Morgan fingerprint density at radius 3 is 2.41 bits per heavy atom. The summed E-state index contributed by atoms with van der Waals surface area (Å²) in [6.07, 6.45) is 1.49. The molecule has 0 bridgehead atoms. The van der Waals surface area contributed by atoms with Gasteiger partial charge >= 0.3 is 0 Å². The summed E-state index contributed by atoms with van der Waals surface area (Å²) in [5.74, 6) is -1.23. The molecule has 1 aromatic carbocycles. The molecule has 2 aromatic rings. The number of pyridine rings is 1. The van der Waals surface area contributed by atoms with Crippen LogP contribution in [0.5, 0.6) is 0 Å². The Kier molecular flexibility index (Phi) is 4.83. The molecule has 0 spiro atoms. The molecule has 1 aromatic heterocycles. The third kappa shape index (κ3) is 3.88. The number of hydrogen-bond acceptors (Lipinski definition) is 3. The summed E-state index contributed by atoms with van der Waals surface area (Å²) in [5, 5.41) is 0. The van der Waals surface area contributed by atoms with E-state index < -0.39 is 11.7 Å². The zero-order valence-electron chi connectivity index (χ0n) is 12.1. The van der Waals surface area contributed by atoms with E-state index in [1.54, 1.807) is 12.1 Å². The first-order valence-corrected chi connectivity index (χ1v) is 6.76. The lowest BCUT2D eigenvalue weighted by Crippen LogP contribution is -2.34. The van der Waals surface area contributed by atoms with Crippen LogP contribution in [0.4, 0.5) is 10.1 Å². The maximum Gasteiger partial charge on any atom is 0.259 e. The largest absolute Gasteiger partial charge is 0.370 e. The third-order valence-corrected chi connectivity index (χ3v) is 3.12. The number of anilines is 1. The van der Waals surface area contributed by atoms with Crippen LogP contribution < -0.4 is 10.6 Å². The zero-order chi connectivity index (χ0) is 16.1. The molecule has 2 rings (SSSR count). The van der Waals surface area contributed by atoms with Crippen LogP contribution in [-0.2, 0) is 4.79 Å². The average Bonchev–Trinajstić information content (AvgIpc) is 2.49. The summed E-state index contributed by atoms with van der Waals surface area (Å²) in [5.41, 5.74) is 6.83. The second-order valence-electron chi connectivity index (χ2n) is 4.84. The number of carbonyl (C=O) groups is 2. The smallest absolute Gasteiger partial charge is 0.259 e. The van der Waals surface area contributed by atoms with Gasteiger partial charge in [-0.1, -0.05) is 0 Å². The van der Waals surface area contributed by atoms with Crippen LogP contribution in [-0.4, -0.2) is 23.3 Å². The predicted octanol–water partition coefficient (Wildman–Crippen LogP) is 2.05. The Labute approximate surface area is 127 Å². The second kappa shape index (κ2) is 6.80. The van der Waals surface area contributed by atoms with Crippen LogP contribution in [0.15, 0.2) is 42.6 Å². The molecule has 0 unspecified atom stereocenters. The molecular weight excluding hydrogens is 285 g/mol. The highest BCUT2D eigenvalue weighted by Crippen LogP contribution is 2.18. The van der Waals surface area contributed by atoms with Gasteiger partial charge in [-0.3, -0.25) is 14.6 Å². The van der Waals surface area contributed by atoms with Gasteiger partial charge in [0.1, 0.15) is 5.82 Å². The van der Waals surface area contributed by atoms with E-state index in [1.807, 2.05) is 6.92 Å². The number of rotatable bonds is 5. The molecule has 0 aliphatic rings. The lowest BCUT2D eigenvalue weighted by molar-refractivity contribution is -0.117. The van der Waals surface area contributed by atoms with Crippen LogP contribution in [0.1, 0.15) is 22.5 Å². The van der Waals surface area contributed by atoms with E-state index in [9.17, 15) is 14.0 Å². The molecule has 0 radical (unpaired) electrons. The van der Waals surface area contributed by atoms with E-state index in [-0.39, 0.29) is 18.9 Å². The van der Waals surface area contributed by atoms with Crippen LogP contribution in [0.3, 0.4) is 0 Å². The van der Waals surface area contributed by atoms with Crippen molar-refractivity contribution in [3.05, 3.63) is 59.7 Å². The number of primary amides is 1. The van der Waals surface area contributed by atoms with Crippen molar-refractivity contribution in [3.63, 3.8) is 0 Å². The summed E-state index contributed by atoms with van der Waals surface area (Å²) in [6, 6.07) is 8.86. The quantitative estimate of drug-likeness (QED) is 0.918. The fourth-order valence-corrected chi connectivity index (χ4v) is 1.94. The van der Waals surface area contributed by atoms with Gasteiger partial charge in [0.15, 0.2) is 0 Å². The van der Waals surface area contributed by atoms with Gasteiger partial charge in [0.2, 0.25) is 5.91 Å². The van der Waals surface area contributed by atoms with Crippen LogP contribution >= 0.6 is 0 Å². The monoisotopic (exact) mass is 301 g/mol. The SMILES string of the molecule is Cc1ccc(C(=O)N(CCC(N)=O)c2ccc(F)cc2)cn1. The first-order chi connectivity index (χ1) is 10.5. The zero-order valence-corrected chi connectivity index (χ0v) is 12.1. The highest BCUT2D eigenvalue weighted by molar-refractivity contribution is 6.06. The molecule has 0 aliphatic carbocycles. The van der Waals surface area contributed by atoms with E-state index in [0.717, 1.165) is 5.69 Å². The van der Waals surface area contributed by atoms with E-state index in [1.165, 1.54) is 35.4 Å². The van der Waals surface area contributed by atoms with E-state index in [0.29, 0.717) is 11.3 Å². The van der Waals surface area contributed by atoms with Gasteiger partial charge in [0, 0.05) is 30.5 Å². The lowest BCUT2D eigenvalue weighted by atomic mass is 10.2. The molecule has 0 saturated carbocycles. The molecule has 0 aliphatic heterocycles. The van der Waals surface area contributed by atoms with Crippen LogP contribution in [0, 0.1) is 12.7 Å². The summed E-state index contributed by atoms with van der Waals surface area (Å²) >= 11 is 0. The van der Waals surface area contributed by atoms with Gasteiger partial charge in [0.05, 0.1) is 5.56 Å². The third-order valence-electron chi connectivity index (χ3n) is 3.12. The maximum absolute atomic E-state index is 13.0. The standard InChI is InChI=1S/C16H16FN3O2/c1-11-2-3-12(10-19-11)16(22)20(9-8-15(18)21)14-6-4-13(17)5-7-14/h2-7,10H,8-9H2,1H3,(H2,18,21). The minimum absolute atomic E-state index is 0.0163. The Hall–Kier alpha value is -2.76. The number of amides is 2. The predicted molar refractivity (Wildman–Crippen MR) is 80.9 cm³/mol. The summed E-state index contributed by atoms with van der Waals surface area (Å²) < 4.78 is 13.0. The van der Waals surface area contributed by atoms with E-state index >= 15 is 0 Å². The Morgan fingerprint density at radius 1 is 1.18 bits per heavy atom. The molecule has 1 heterocycles. The molecule has 5 nitrogen and oxygen atoms in total. The number of aromatic nitrogens is 1. The van der Waals surface area contributed by atoms with Gasteiger partial charge in [-0.05, 0) is 43.3 Å².